The van der Waals surface area contributed by atoms with Crippen LogP contribution in [-0.4, -0.2) is 0 Å². The van der Waals surface area contributed by atoms with Gasteiger partial charge in [-0.1, -0.05) is 29.3 Å². The molecule has 0 saturated heterocycles. The molecule has 0 aliphatic carbocycles. The lowest BCUT2D eigenvalue weighted by Crippen LogP contribution is -2.29. The molecule has 0 spiro atoms. The van der Waals surface area contributed by atoms with Crippen molar-refractivity contribution in [2.45, 2.75) is 19.4 Å². The summed E-state index contributed by atoms with van der Waals surface area (Å²) < 4.78 is 0. The van der Waals surface area contributed by atoms with Gasteiger partial charge in [-0.3, -0.25) is 11.3 Å². The zero-order chi connectivity index (χ0) is 13.1. The molecule has 0 amide bonds. The van der Waals surface area contributed by atoms with E-state index in [1.807, 2.05) is 18.2 Å². The Morgan fingerprint density at radius 1 is 1.28 bits per heavy atom. The quantitative estimate of drug-likeness (QED) is 0.659. The van der Waals surface area contributed by atoms with Gasteiger partial charge in [0, 0.05) is 10.0 Å². The van der Waals surface area contributed by atoms with Gasteiger partial charge in [-0.15, -0.1) is 0 Å². The van der Waals surface area contributed by atoms with Gasteiger partial charge < -0.3 is 0 Å². The van der Waals surface area contributed by atoms with E-state index < -0.39 is 0 Å². The van der Waals surface area contributed by atoms with Crippen LogP contribution >= 0.6 is 34.5 Å². The molecule has 2 rings (SSSR count). The highest BCUT2D eigenvalue weighted by molar-refractivity contribution is 7.08. The maximum absolute atomic E-state index is 6.18. The van der Waals surface area contributed by atoms with E-state index in [0.29, 0.717) is 16.5 Å². The summed E-state index contributed by atoms with van der Waals surface area (Å²) in [6, 6.07) is 5.55. The minimum absolute atomic E-state index is 0.0219. The molecule has 1 aromatic heterocycles. The zero-order valence-corrected chi connectivity index (χ0v) is 12.2. The predicted octanol–water partition coefficient (Wildman–Crippen LogP) is 4.11. The van der Waals surface area contributed by atoms with Crippen LogP contribution in [0.15, 0.2) is 29.0 Å². The normalized spacial score (nSPS) is 12.7. The number of halogens is 2. The van der Waals surface area contributed by atoms with Gasteiger partial charge in [0.1, 0.15) is 0 Å². The fourth-order valence-electron chi connectivity index (χ4n) is 1.92. The second-order valence-corrected chi connectivity index (χ2v) is 5.69. The van der Waals surface area contributed by atoms with Crippen LogP contribution in [-0.2, 0) is 6.42 Å². The zero-order valence-electron chi connectivity index (χ0n) is 9.91. The SMILES string of the molecule is Cc1cscc1C(Cc1c(Cl)cccc1Cl)NN. The standard InChI is InChI=1S/C13H14Cl2N2S/c1-8-6-18-7-10(8)13(17-16)5-9-11(14)3-2-4-12(9)15/h2-4,6-7,13,17H,5,16H2,1H3. The molecule has 96 valence electrons. The van der Waals surface area contributed by atoms with E-state index in [0.717, 1.165) is 5.56 Å². The summed E-state index contributed by atoms with van der Waals surface area (Å²) in [5.41, 5.74) is 6.18. The van der Waals surface area contributed by atoms with Crippen molar-refractivity contribution in [2.24, 2.45) is 5.84 Å². The van der Waals surface area contributed by atoms with Crippen LogP contribution in [0.3, 0.4) is 0 Å². The Morgan fingerprint density at radius 2 is 1.94 bits per heavy atom. The number of hydrogen-bond donors (Lipinski definition) is 2. The first-order valence-corrected chi connectivity index (χ1v) is 7.25. The highest BCUT2D eigenvalue weighted by Gasteiger charge is 2.17. The lowest BCUT2D eigenvalue weighted by atomic mass is 9.99. The fourth-order valence-corrected chi connectivity index (χ4v) is 3.37. The van der Waals surface area contributed by atoms with E-state index in [4.69, 9.17) is 29.0 Å². The van der Waals surface area contributed by atoms with Crippen LogP contribution in [0.4, 0.5) is 0 Å². The van der Waals surface area contributed by atoms with E-state index >= 15 is 0 Å². The van der Waals surface area contributed by atoms with Crippen molar-refractivity contribution in [1.29, 1.82) is 0 Å². The molecule has 5 heteroatoms. The molecule has 18 heavy (non-hydrogen) atoms. The van der Waals surface area contributed by atoms with Crippen LogP contribution in [0.5, 0.6) is 0 Å². The summed E-state index contributed by atoms with van der Waals surface area (Å²) >= 11 is 14.0. The summed E-state index contributed by atoms with van der Waals surface area (Å²) in [5.74, 6) is 5.65. The van der Waals surface area contributed by atoms with Crippen molar-refractivity contribution in [3.8, 4) is 0 Å². The molecule has 1 heterocycles. The highest BCUT2D eigenvalue weighted by atomic mass is 35.5. The first-order valence-electron chi connectivity index (χ1n) is 5.55. The maximum Gasteiger partial charge on any atom is 0.0512 e. The summed E-state index contributed by atoms with van der Waals surface area (Å²) in [6.07, 6.45) is 0.673. The third kappa shape index (κ3) is 2.87. The summed E-state index contributed by atoms with van der Waals surface area (Å²) in [5, 5.41) is 5.56. The number of rotatable bonds is 4. The number of hydrogen-bond acceptors (Lipinski definition) is 3. The van der Waals surface area contributed by atoms with Crippen molar-refractivity contribution in [2.75, 3.05) is 0 Å². The summed E-state index contributed by atoms with van der Waals surface area (Å²) in [7, 11) is 0. The molecule has 0 aliphatic rings. The highest BCUT2D eigenvalue weighted by Crippen LogP contribution is 2.31. The lowest BCUT2D eigenvalue weighted by molar-refractivity contribution is 0.551. The Labute approximate surface area is 121 Å². The molecule has 0 aliphatic heterocycles. The molecule has 3 N–H and O–H groups in total. The number of aryl methyl sites for hydroxylation is 1. The Kier molecular flexibility index (Phi) is 4.65. The van der Waals surface area contributed by atoms with Gasteiger partial charge in [0.2, 0.25) is 0 Å². The van der Waals surface area contributed by atoms with E-state index in [1.165, 1.54) is 11.1 Å². The fraction of sp³-hybridized carbons (Fsp3) is 0.231. The second kappa shape index (κ2) is 6.04. The van der Waals surface area contributed by atoms with Gasteiger partial charge >= 0.3 is 0 Å². The van der Waals surface area contributed by atoms with Gasteiger partial charge in [0.05, 0.1) is 6.04 Å². The van der Waals surface area contributed by atoms with Crippen molar-refractivity contribution in [1.82, 2.24) is 5.43 Å². The van der Waals surface area contributed by atoms with E-state index in [9.17, 15) is 0 Å². The average molecular weight is 301 g/mol. The van der Waals surface area contributed by atoms with Crippen LogP contribution in [0.25, 0.3) is 0 Å². The van der Waals surface area contributed by atoms with Crippen molar-refractivity contribution >= 4 is 34.5 Å². The number of benzene rings is 1. The third-order valence-electron chi connectivity index (χ3n) is 2.94. The smallest absolute Gasteiger partial charge is 0.0512 e. The maximum atomic E-state index is 6.18. The number of nitrogens with two attached hydrogens (primary N) is 1. The van der Waals surface area contributed by atoms with Crippen LogP contribution in [0.2, 0.25) is 10.0 Å². The molecule has 0 bridgehead atoms. The van der Waals surface area contributed by atoms with Gasteiger partial charge in [-0.05, 0) is 52.9 Å². The molecule has 1 unspecified atom stereocenters. The predicted molar refractivity (Wildman–Crippen MR) is 79.3 cm³/mol. The van der Waals surface area contributed by atoms with Crippen LogP contribution in [0, 0.1) is 6.92 Å². The molecular formula is C13H14Cl2N2S. The van der Waals surface area contributed by atoms with Gasteiger partial charge in [0.15, 0.2) is 0 Å². The summed E-state index contributed by atoms with van der Waals surface area (Å²) in [4.78, 5) is 0. The molecule has 2 aromatic rings. The van der Waals surface area contributed by atoms with Gasteiger partial charge in [0.25, 0.3) is 0 Å². The Balaban J connectivity index is 2.29. The van der Waals surface area contributed by atoms with Crippen molar-refractivity contribution in [3.63, 3.8) is 0 Å². The average Bonchev–Trinajstić information content (AvgIpc) is 2.76. The minimum atomic E-state index is 0.0219. The second-order valence-electron chi connectivity index (χ2n) is 4.13. The topological polar surface area (TPSA) is 38.0 Å². The van der Waals surface area contributed by atoms with Crippen LogP contribution in [0.1, 0.15) is 22.7 Å². The first-order chi connectivity index (χ1) is 8.63. The lowest BCUT2D eigenvalue weighted by Gasteiger charge is -2.17. The van der Waals surface area contributed by atoms with Crippen molar-refractivity contribution < 1.29 is 0 Å². The third-order valence-corrected chi connectivity index (χ3v) is 4.53. The molecule has 1 aromatic carbocycles. The van der Waals surface area contributed by atoms with Gasteiger partial charge in [-0.2, -0.15) is 11.3 Å². The van der Waals surface area contributed by atoms with Crippen molar-refractivity contribution in [3.05, 3.63) is 55.7 Å². The summed E-state index contributed by atoms with van der Waals surface area (Å²) in [6.45, 7) is 2.07. The van der Waals surface area contributed by atoms with Crippen LogP contribution < -0.4 is 11.3 Å². The number of nitrogens with one attached hydrogen (secondary N) is 1. The Morgan fingerprint density at radius 3 is 2.44 bits per heavy atom. The van der Waals surface area contributed by atoms with E-state index in [2.05, 4.69) is 23.1 Å². The monoisotopic (exact) mass is 300 g/mol. The molecular weight excluding hydrogens is 287 g/mol. The molecule has 2 nitrogen and oxygen atoms in total. The largest absolute Gasteiger partial charge is 0.271 e. The van der Waals surface area contributed by atoms with E-state index in [1.54, 1.807) is 11.3 Å². The molecule has 0 radical (unpaired) electrons. The van der Waals surface area contributed by atoms with Gasteiger partial charge in [-0.25, -0.2) is 0 Å². The minimum Gasteiger partial charge on any atom is -0.271 e. The first kappa shape index (κ1) is 13.8. The number of hydrazine groups is 1. The van der Waals surface area contributed by atoms with E-state index in [-0.39, 0.29) is 6.04 Å². The molecule has 0 fully saturated rings. The number of thiophene rings is 1. The molecule has 0 saturated carbocycles. The Bertz CT molecular complexity index is 519. The Hall–Kier alpha value is -0.580. The molecule has 1 atom stereocenters.